The van der Waals surface area contributed by atoms with Gasteiger partial charge in [0.1, 0.15) is 11.9 Å². The molecule has 1 aliphatic rings. The second-order valence-electron chi connectivity index (χ2n) is 3.93. The van der Waals surface area contributed by atoms with E-state index in [0.717, 1.165) is 0 Å². The Bertz CT molecular complexity index is 491. The molecule has 1 aromatic heterocycles. The molecular formula is C11H11ClN4O. The maximum absolute atomic E-state index is 11.0. The maximum atomic E-state index is 11.0. The molecule has 0 atom stereocenters. The van der Waals surface area contributed by atoms with Crippen molar-refractivity contribution in [2.45, 2.75) is 13.0 Å². The van der Waals surface area contributed by atoms with Gasteiger partial charge >= 0.3 is 0 Å². The molecule has 1 saturated heterocycles. The predicted octanol–water partition coefficient (Wildman–Crippen LogP) is 1.25. The Morgan fingerprint density at radius 3 is 2.94 bits per heavy atom. The van der Waals surface area contributed by atoms with Gasteiger partial charge in [-0.3, -0.25) is 4.79 Å². The van der Waals surface area contributed by atoms with Crippen LogP contribution in [0.25, 0.3) is 0 Å². The first-order valence-corrected chi connectivity index (χ1v) is 5.55. The van der Waals surface area contributed by atoms with E-state index in [1.807, 2.05) is 6.07 Å². The molecule has 2 heterocycles. The summed E-state index contributed by atoms with van der Waals surface area (Å²) in [4.78, 5) is 16.8. The summed E-state index contributed by atoms with van der Waals surface area (Å²) in [6.07, 6.45) is 1.47. The smallest absolute Gasteiger partial charge is 0.219 e. The minimum Gasteiger partial charge on any atom is -0.363 e. The third-order valence-corrected chi connectivity index (χ3v) is 2.93. The van der Waals surface area contributed by atoms with Gasteiger partial charge in [0, 0.05) is 26.2 Å². The Kier molecular flexibility index (Phi) is 3.16. The molecule has 1 fully saturated rings. The van der Waals surface area contributed by atoms with Crippen LogP contribution < -0.4 is 5.32 Å². The normalized spacial score (nSPS) is 15.0. The fourth-order valence-corrected chi connectivity index (χ4v) is 1.85. The highest BCUT2D eigenvalue weighted by Gasteiger charge is 2.28. The number of aromatic nitrogens is 1. The van der Waals surface area contributed by atoms with E-state index in [-0.39, 0.29) is 11.9 Å². The summed E-state index contributed by atoms with van der Waals surface area (Å²) in [6, 6.07) is 3.72. The highest BCUT2D eigenvalue weighted by atomic mass is 35.5. The molecule has 1 aromatic rings. The number of rotatable bonds is 2. The van der Waals surface area contributed by atoms with E-state index in [9.17, 15) is 4.79 Å². The van der Waals surface area contributed by atoms with Gasteiger partial charge in [-0.1, -0.05) is 11.6 Å². The zero-order valence-electron chi connectivity index (χ0n) is 9.27. The summed E-state index contributed by atoms with van der Waals surface area (Å²) >= 11 is 5.98. The number of anilines is 1. The SMILES string of the molecule is CC(=O)N1CC(Nc2ncc(C#N)cc2Cl)C1. The Morgan fingerprint density at radius 1 is 1.71 bits per heavy atom. The van der Waals surface area contributed by atoms with Crippen molar-refractivity contribution in [3.8, 4) is 6.07 Å². The van der Waals surface area contributed by atoms with Crippen LogP contribution in [0.2, 0.25) is 5.02 Å². The Morgan fingerprint density at radius 2 is 2.41 bits per heavy atom. The topological polar surface area (TPSA) is 69.0 Å². The largest absolute Gasteiger partial charge is 0.363 e. The molecule has 1 aliphatic heterocycles. The van der Waals surface area contributed by atoms with Gasteiger partial charge in [0.15, 0.2) is 0 Å². The van der Waals surface area contributed by atoms with E-state index < -0.39 is 0 Å². The number of hydrogen-bond donors (Lipinski definition) is 1. The first-order valence-electron chi connectivity index (χ1n) is 5.18. The molecule has 5 nitrogen and oxygen atoms in total. The van der Waals surface area contributed by atoms with Gasteiger partial charge in [-0.2, -0.15) is 5.26 Å². The molecule has 0 radical (unpaired) electrons. The van der Waals surface area contributed by atoms with Crippen molar-refractivity contribution in [1.82, 2.24) is 9.88 Å². The maximum Gasteiger partial charge on any atom is 0.219 e. The van der Waals surface area contributed by atoms with E-state index in [1.54, 1.807) is 17.9 Å². The van der Waals surface area contributed by atoms with Crippen LogP contribution in [-0.4, -0.2) is 34.9 Å². The number of pyridine rings is 1. The van der Waals surface area contributed by atoms with Crippen LogP contribution >= 0.6 is 11.6 Å². The molecule has 1 amide bonds. The number of nitrogens with zero attached hydrogens (tertiary/aromatic N) is 3. The minimum absolute atomic E-state index is 0.0712. The van der Waals surface area contributed by atoms with Gasteiger partial charge in [0.05, 0.1) is 16.6 Å². The van der Waals surface area contributed by atoms with Gasteiger partial charge in [0.25, 0.3) is 0 Å². The van der Waals surface area contributed by atoms with E-state index in [4.69, 9.17) is 16.9 Å². The molecule has 1 N–H and O–H groups in total. The molecule has 0 aromatic carbocycles. The lowest BCUT2D eigenvalue weighted by molar-refractivity contribution is -0.132. The Balaban J connectivity index is 1.97. The van der Waals surface area contributed by atoms with Crippen LogP contribution in [0.3, 0.4) is 0 Å². The lowest BCUT2D eigenvalue weighted by atomic mass is 10.1. The fourth-order valence-electron chi connectivity index (χ4n) is 1.63. The zero-order chi connectivity index (χ0) is 12.4. The number of carbonyl (C=O) groups excluding carboxylic acids is 1. The summed E-state index contributed by atoms with van der Waals surface area (Å²) < 4.78 is 0. The minimum atomic E-state index is 0.0712. The number of carbonyl (C=O) groups is 1. The van der Waals surface area contributed by atoms with Crippen molar-refractivity contribution in [2.75, 3.05) is 18.4 Å². The molecule has 2 rings (SSSR count). The second-order valence-corrected chi connectivity index (χ2v) is 4.34. The predicted molar refractivity (Wildman–Crippen MR) is 63.6 cm³/mol. The third kappa shape index (κ3) is 2.48. The van der Waals surface area contributed by atoms with Gasteiger partial charge in [-0.15, -0.1) is 0 Å². The molecule has 6 heteroatoms. The number of likely N-dealkylation sites (tertiary alicyclic amines) is 1. The summed E-state index contributed by atoms with van der Waals surface area (Å²) in [5, 5.41) is 12.2. The molecule has 17 heavy (non-hydrogen) atoms. The molecule has 0 aliphatic carbocycles. The van der Waals surface area contributed by atoms with Crippen LogP contribution in [0.5, 0.6) is 0 Å². The Labute approximate surface area is 104 Å². The second kappa shape index (κ2) is 4.60. The van der Waals surface area contributed by atoms with Crippen LogP contribution in [-0.2, 0) is 4.79 Å². The summed E-state index contributed by atoms with van der Waals surface area (Å²) in [6.45, 7) is 2.86. The highest BCUT2D eigenvalue weighted by Crippen LogP contribution is 2.22. The van der Waals surface area contributed by atoms with E-state index in [2.05, 4.69) is 10.3 Å². The summed E-state index contributed by atoms with van der Waals surface area (Å²) in [7, 11) is 0. The van der Waals surface area contributed by atoms with Crippen LogP contribution in [0.1, 0.15) is 12.5 Å². The monoisotopic (exact) mass is 250 g/mol. The molecular weight excluding hydrogens is 240 g/mol. The van der Waals surface area contributed by atoms with Gasteiger partial charge in [-0.25, -0.2) is 4.98 Å². The van der Waals surface area contributed by atoms with Crippen molar-refractivity contribution in [3.63, 3.8) is 0 Å². The van der Waals surface area contributed by atoms with Crippen LogP contribution in [0.15, 0.2) is 12.3 Å². The Hall–Kier alpha value is -1.80. The average molecular weight is 251 g/mol. The van der Waals surface area contributed by atoms with Crippen molar-refractivity contribution >= 4 is 23.3 Å². The zero-order valence-corrected chi connectivity index (χ0v) is 10.0. The summed E-state index contributed by atoms with van der Waals surface area (Å²) in [5.74, 6) is 0.626. The molecule has 0 unspecified atom stereocenters. The number of amides is 1. The van der Waals surface area contributed by atoms with Crippen LogP contribution in [0, 0.1) is 11.3 Å². The molecule has 0 spiro atoms. The van der Waals surface area contributed by atoms with Gasteiger partial charge in [0.2, 0.25) is 5.91 Å². The van der Waals surface area contributed by atoms with Gasteiger partial charge < -0.3 is 10.2 Å². The first-order chi connectivity index (χ1) is 8.10. The molecule has 88 valence electrons. The lowest BCUT2D eigenvalue weighted by Crippen LogP contribution is -2.56. The van der Waals surface area contributed by atoms with Crippen molar-refractivity contribution in [2.24, 2.45) is 0 Å². The highest BCUT2D eigenvalue weighted by molar-refractivity contribution is 6.33. The first kappa shape index (κ1) is 11.7. The lowest BCUT2D eigenvalue weighted by Gasteiger charge is -2.39. The fraction of sp³-hybridized carbons (Fsp3) is 0.364. The average Bonchev–Trinajstić information content (AvgIpc) is 2.23. The molecule has 0 bridgehead atoms. The molecule has 0 saturated carbocycles. The summed E-state index contributed by atoms with van der Waals surface area (Å²) in [5.41, 5.74) is 0.430. The van der Waals surface area contributed by atoms with Crippen molar-refractivity contribution < 1.29 is 4.79 Å². The quantitative estimate of drug-likeness (QED) is 0.858. The number of nitrogens with one attached hydrogen (secondary N) is 1. The third-order valence-electron chi connectivity index (χ3n) is 2.64. The van der Waals surface area contributed by atoms with Crippen molar-refractivity contribution in [3.05, 3.63) is 22.8 Å². The number of halogens is 1. The standard InChI is InChI=1S/C11H11ClN4O/c1-7(17)16-5-9(6-16)15-11-10(12)2-8(3-13)4-14-11/h2,4,9H,5-6H2,1H3,(H,14,15). The van der Waals surface area contributed by atoms with E-state index >= 15 is 0 Å². The van der Waals surface area contributed by atoms with Crippen LogP contribution in [0.4, 0.5) is 5.82 Å². The number of nitriles is 1. The van der Waals surface area contributed by atoms with Crippen molar-refractivity contribution in [1.29, 1.82) is 5.26 Å². The van der Waals surface area contributed by atoms with E-state index in [0.29, 0.717) is 29.5 Å². The van der Waals surface area contributed by atoms with E-state index in [1.165, 1.54) is 6.20 Å². The van der Waals surface area contributed by atoms with Gasteiger partial charge in [-0.05, 0) is 6.07 Å². The number of hydrogen-bond acceptors (Lipinski definition) is 4.